The van der Waals surface area contributed by atoms with Gasteiger partial charge in [0.2, 0.25) is 5.91 Å². The van der Waals surface area contributed by atoms with Crippen molar-refractivity contribution >= 4 is 5.91 Å². The minimum atomic E-state index is -0.0188. The third-order valence-corrected chi connectivity index (χ3v) is 3.19. The second-order valence-electron chi connectivity index (χ2n) is 4.74. The number of aromatic nitrogens is 1. The van der Waals surface area contributed by atoms with Crippen LogP contribution in [0.5, 0.6) is 0 Å². The lowest BCUT2D eigenvalue weighted by molar-refractivity contribution is -0.120. The van der Waals surface area contributed by atoms with Gasteiger partial charge in [-0.3, -0.25) is 9.78 Å². The molecule has 0 atom stereocenters. The van der Waals surface area contributed by atoms with Crippen molar-refractivity contribution in [3.63, 3.8) is 0 Å². The van der Waals surface area contributed by atoms with Crippen molar-refractivity contribution in [2.75, 3.05) is 0 Å². The topological polar surface area (TPSA) is 68.0 Å². The van der Waals surface area contributed by atoms with Crippen LogP contribution in [0.1, 0.15) is 22.4 Å². The van der Waals surface area contributed by atoms with Crippen LogP contribution in [0.3, 0.4) is 0 Å². The Balaban J connectivity index is 1.87. The summed E-state index contributed by atoms with van der Waals surface area (Å²) < 4.78 is 0. The van der Waals surface area contributed by atoms with E-state index in [9.17, 15) is 4.79 Å². The molecule has 0 bridgehead atoms. The van der Waals surface area contributed by atoms with Gasteiger partial charge in [-0.25, -0.2) is 0 Å². The highest BCUT2D eigenvalue weighted by molar-refractivity contribution is 5.78. The van der Waals surface area contributed by atoms with Gasteiger partial charge in [0.05, 0.1) is 12.1 Å². The average molecular weight is 269 g/mol. The molecule has 1 amide bonds. The fourth-order valence-electron chi connectivity index (χ4n) is 1.91. The molecule has 4 heteroatoms. The lowest BCUT2D eigenvalue weighted by Gasteiger charge is -2.07. The summed E-state index contributed by atoms with van der Waals surface area (Å²) in [4.78, 5) is 16.1. The molecular formula is C16H19N3O. The Morgan fingerprint density at radius 3 is 2.55 bits per heavy atom. The van der Waals surface area contributed by atoms with Gasteiger partial charge in [0.25, 0.3) is 0 Å². The number of pyridine rings is 1. The maximum absolute atomic E-state index is 11.9. The van der Waals surface area contributed by atoms with Gasteiger partial charge in [0, 0.05) is 19.3 Å². The Hall–Kier alpha value is -2.20. The molecule has 0 radical (unpaired) electrons. The van der Waals surface area contributed by atoms with Crippen molar-refractivity contribution in [2.45, 2.75) is 26.4 Å². The molecule has 1 aromatic heterocycles. The number of nitrogens with zero attached hydrogens (tertiary/aromatic N) is 1. The summed E-state index contributed by atoms with van der Waals surface area (Å²) in [5.41, 5.74) is 9.56. The molecule has 0 spiro atoms. The van der Waals surface area contributed by atoms with Gasteiger partial charge in [-0.2, -0.15) is 0 Å². The van der Waals surface area contributed by atoms with E-state index in [1.54, 1.807) is 6.20 Å². The SMILES string of the molecule is Cc1cccnc1CC(=O)NCc1ccc(CN)cc1. The van der Waals surface area contributed by atoms with Crippen LogP contribution in [0.4, 0.5) is 0 Å². The predicted octanol–water partition coefficient (Wildman–Crippen LogP) is 1.71. The van der Waals surface area contributed by atoms with Crippen LogP contribution in [0.25, 0.3) is 0 Å². The largest absolute Gasteiger partial charge is 0.352 e. The second kappa shape index (κ2) is 6.82. The number of carbonyl (C=O) groups excluding carboxylic acids is 1. The van der Waals surface area contributed by atoms with Gasteiger partial charge >= 0.3 is 0 Å². The fourth-order valence-corrected chi connectivity index (χ4v) is 1.91. The number of hydrogen-bond acceptors (Lipinski definition) is 3. The summed E-state index contributed by atoms with van der Waals surface area (Å²) in [5, 5.41) is 2.90. The van der Waals surface area contributed by atoms with Crippen LogP contribution >= 0.6 is 0 Å². The number of aryl methyl sites for hydroxylation is 1. The van der Waals surface area contributed by atoms with Gasteiger partial charge in [-0.1, -0.05) is 30.3 Å². The molecule has 3 N–H and O–H groups in total. The van der Waals surface area contributed by atoms with E-state index in [1.807, 2.05) is 43.3 Å². The molecule has 0 saturated carbocycles. The third-order valence-electron chi connectivity index (χ3n) is 3.19. The van der Waals surface area contributed by atoms with Crippen LogP contribution < -0.4 is 11.1 Å². The molecule has 0 saturated heterocycles. The highest BCUT2D eigenvalue weighted by atomic mass is 16.1. The number of rotatable bonds is 5. The number of carbonyl (C=O) groups is 1. The monoisotopic (exact) mass is 269 g/mol. The Bertz CT molecular complexity index is 579. The molecule has 104 valence electrons. The molecule has 0 fully saturated rings. The summed E-state index contributed by atoms with van der Waals surface area (Å²) in [5.74, 6) is -0.0188. The smallest absolute Gasteiger partial charge is 0.226 e. The lowest BCUT2D eigenvalue weighted by atomic mass is 10.1. The van der Waals surface area contributed by atoms with Crippen molar-refractivity contribution < 1.29 is 4.79 Å². The average Bonchev–Trinajstić information content (AvgIpc) is 2.48. The highest BCUT2D eigenvalue weighted by Gasteiger charge is 2.06. The van der Waals surface area contributed by atoms with E-state index in [-0.39, 0.29) is 5.91 Å². The van der Waals surface area contributed by atoms with Crippen LogP contribution in [-0.2, 0) is 24.3 Å². The molecule has 4 nitrogen and oxygen atoms in total. The van der Waals surface area contributed by atoms with Gasteiger partial charge in [0.1, 0.15) is 0 Å². The molecule has 2 rings (SSSR count). The quantitative estimate of drug-likeness (QED) is 0.868. The van der Waals surface area contributed by atoms with E-state index in [4.69, 9.17) is 5.73 Å². The molecule has 1 heterocycles. The van der Waals surface area contributed by atoms with Gasteiger partial charge in [0.15, 0.2) is 0 Å². The fraction of sp³-hybridized carbons (Fsp3) is 0.250. The number of benzene rings is 1. The number of amides is 1. The van der Waals surface area contributed by atoms with E-state index in [0.717, 1.165) is 22.4 Å². The molecular weight excluding hydrogens is 250 g/mol. The standard InChI is InChI=1S/C16H19N3O/c1-12-3-2-8-18-15(12)9-16(20)19-11-14-6-4-13(10-17)5-7-14/h2-8H,9-11,17H2,1H3,(H,19,20). The van der Waals surface area contributed by atoms with Crippen LogP contribution in [0, 0.1) is 6.92 Å². The summed E-state index contributed by atoms with van der Waals surface area (Å²) >= 11 is 0. The van der Waals surface area contributed by atoms with Crippen molar-refractivity contribution in [1.29, 1.82) is 0 Å². The first-order valence-corrected chi connectivity index (χ1v) is 6.64. The first kappa shape index (κ1) is 14.2. The molecule has 0 unspecified atom stereocenters. The summed E-state index contributed by atoms with van der Waals surface area (Å²) in [6.07, 6.45) is 2.02. The Morgan fingerprint density at radius 2 is 1.90 bits per heavy atom. The van der Waals surface area contributed by atoms with Crippen molar-refractivity contribution in [2.24, 2.45) is 5.73 Å². The minimum Gasteiger partial charge on any atom is -0.352 e. The molecule has 20 heavy (non-hydrogen) atoms. The number of hydrogen-bond donors (Lipinski definition) is 2. The highest BCUT2D eigenvalue weighted by Crippen LogP contribution is 2.05. The van der Waals surface area contributed by atoms with Crippen molar-refractivity contribution in [3.05, 3.63) is 65.0 Å². The van der Waals surface area contributed by atoms with Crippen LogP contribution in [-0.4, -0.2) is 10.9 Å². The van der Waals surface area contributed by atoms with Crippen LogP contribution in [0.15, 0.2) is 42.6 Å². The maximum Gasteiger partial charge on any atom is 0.226 e. The third kappa shape index (κ3) is 3.90. The predicted molar refractivity (Wildman–Crippen MR) is 78.9 cm³/mol. The lowest BCUT2D eigenvalue weighted by Crippen LogP contribution is -2.25. The number of nitrogens with one attached hydrogen (secondary N) is 1. The Morgan fingerprint density at radius 1 is 1.20 bits per heavy atom. The maximum atomic E-state index is 11.9. The van der Waals surface area contributed by atoms with Gasteiger partial charge in [-0.15, -0.1) is 0 Å². The second-order valence-corrected chi connectivity index (χ2v) is 4.74. The zero-order valence-electron chi connectivity index (χ0n) is 11.6. The van der Waals surface area contributed by atoms with E-state index in [0.29, 0.717) is 19.5 Å². The van der Waals surface area contributed by atoms with E-state index >= 15 is 0 Å². The van der Waals surface area contributed by atoms with Gasteiger partial charge in [-0.05, 0) is 29.7 Å². The normalized spacial score (nSPS) is 10.3. The first-order chi connectivity index (χ1) is 9.69. The molecule has 2 aromatic rings. The Labute approximate surface area is 119 Å². The minimum absolute atomic E-state index is 0.0188. The summed E-state index contributed by atoms with van der Waals surface area (Å²) in [7, 11) is 0. The van der Waals surface area contributed by atoms with Crippen molar-refractivity contribution in [1.82, 2.24) is 10.3 Å². The molecule has 0 aliphatic heterocycles. The zero-order chi connectivity index (χ0) is 14.4. The zero-order valence-corrected chi connectivity index (χ0v) is 11.6. The first-order valence-electron chi connectivity index (χ1n) is 6.64. The molecule has 0 aliphatic rings. The molecule has 0 aliphatic carbocycles. The number of nitrogens with two attached hydrogens (primary N) is 1. The van der Waals surface area contributed by atoms with Crippen LogP contribution in [0.2, 0.25) is 0 Å². The summed E-state index contributed by atoms with van der Waals surface area (Å²) in [6, 6.07) is 11.7. The molecule has 1 aromatic carbocycles. The van der Waals surface area contributed by atoms with E-state index in [2.05, 4.69) is 10.3 Å². The van der Waals surface area contributed by atoms with Gasteiger partial charge < -0.3 is 11.1 Å². The van der Waals surface area contributed by atoms with E-state index in [1.165, 1.54) is 0 Å². The Kier molecular flexibility index (Phi) is 4.85. The van der Waals surface area contributed by atoms with E-state index < -0.39 is 0 Å². The van der Waals surface area contributed by atoms with Crippen molar-refractivity contribution in [3.8, 4) is 0 Å². The summed E-state index contributed by atoms with van der Waals surface area (Å²) in [6.45, 7) is 3.02.